The predicted molar refractivity (Wildman–Crippen MR) is 110 cm³/mol. The number of hydrazone groups is 1. The van der Waals surface area contributed by atoms with Gasteiger partial charge in [-0.1, -0.05) is 41.9 Å². The molecule has 9 heteroatoms. The summed E-state index contributed by atoms with van der Waals surface area (Å²) in [4.78, 5) is 51.1. The first-order chi connectivity index (χ1) is 14.4. The summed E-state index contributed by atoms with van der Waals surface area (Å²) >= 11 is 5.88. The molecular formula is C21H17ClN4O4. The van der Waals surface area contributed by atoms with Crippen LogP contribution in [0.5, 0.6) is 0 Å². The molecule has 152 valence electrons. The van der Waals surface area contributed by atoms with Crippen LogP contribution in [-0.4, -0.2) is 34.5 Å². The lowest BCUT2D eigenvalue weighted by molar-refractivity contribution is -0.132. The molecule has 1 fully saturated rings. The summed E-state index contributed by atoms with van der Waals surface area (Å²) in [5.74, 6) is -3.10. The molecule has 0 radical (unpaired) electrons. The summed E-state index contributed by atoms with van der Waals surface area (Å²) in [7, 11) is 0. The topological polar surface area (TPSA) is 99.2 Å². The van der Waals surface area contributed by atoms with Crippen molar-refractivity contribution in [1.29, 1.82) is 0 Å². The maximum absolute atomic E-state index is 13.2. The van der Waals surface area contributed by atoms with Gasteiger partial charge < -0.3 is 0 Å². The van der Waals surface area contributed by atoms with Gasteiger partial charge in [-0.25, -0.2) is 14.7 Å². The fourth-order valence-electron chi connectivity index (χ4n) is 3.64. The number of hydrogen-bond acceptors (Lipinski definition) is 5. The number of urea groups is 1. The number of nitrogens with one attached hydrogen (secondary N) is 1. The van der Waals surface area contributed by atoms with Gasteiger partial charge in [0, 0.05) is 18.4 Å². The van der Waals surface area contributed by atoms with Crippen LogP contribution in [0.4, 0.5) is 10.5 Å². The van der Waals surface area contributed by atoms with Gasteiger partial charge in [-0.05, 0) is 29.8 Å². The van der Waals surface area contributed by atoms with E-state index in [0.717, 1.165) is 10.5 Å². The maximum atomic E-state index is 13.2. The summed E-state index contributed by atoms with van der Waals surface area (Å²) in [5, 5.41) is 8.22. The second-order valence-electron chi connectivity index (χ2n) is 6.96. The van der Waals surface area contributed by atoms with E-state index in [1.807, 2.05) is 30.3 Å². The van der Waals surface area contributed by atoms with Crippen molar-refractivity contribution in [3.63, 3.8) is 0 Å². The summed E-state index contributed by atoms with van der Waals surface area (Å²) < 4.78 is 0. The summed E-state index contributed by atoms with van der Waals surface area (Å²) in [5.41, 5.74) is 1.34. The second kappa shape index (κ2) is 7.72. The number of carbonyl (C=O) groups excluding carboxylic acids is 4. The number of halogens is 1. The van der Waals surface area contributed by atoms with Gasteiger partial charge >= 0.3 is 6.03 Å². The Labute approximate surface area is 177 Å². The minimum absolute atomic E-state index is 0.204. The van der Waals surface area contributed by atoms with Crippen LogP contribution < -0.4 is 10.2 Å². The van der Waals surface area contributed by atoms with Crippen molar-refractivity contribution in [1.82, 2.24) is 10.3 Å². The smallest absolute Gasteiger partial charge is 0.276 e. The van der Waals surface area contributed by atoms with E-state index in [-0.39, 0.29) is 23.7 Å². The molecule has 5 amide bonds. The summed E-state index contributed by atoms with van der Waals surface area (Å²) in [6, 6.07) is 14.1. The Kier molecular flexibility index (Phi) is 5.09. The summed E-state index contributed by atoms with van der Waals surface area (Å²) in [6.45, 7) is 1.37. The number of imide groups is 2. The van der Waals surface area contributed by atoms with E-state index < -0.39 is 29.8 Å². The van der Waals surface area contributed by atoms with Crippen molar-refractivity contribution < 1.29 is 19.2 Å². The highest BCUT2D eigenvalue weighted by Gasteiger charge is 2.47. The highest BCUT2D eigenvalue weighted by Crippen LogP contribution is 2.34. The fraction of sp³-hybridized carbons (Fsp3) is 0.190. The number of benzene rings is 2. The largest absolute Gasteiger partial charge is 0.335 e. The molecule has 4 rings (SSSR count). The van der Waals surface area contributed by atoms with Crippen molar-refractivity contribution >= 4 is 46.8 Å². The molecule has 1 saturated heterocycles. The van der Waals surface area contributed by atoms with Crippen molar-refractivity contribution in [2.75, 3.05) is 4.90 Å². The molecular weight excluding hydrogens is 408 g/mol. The van der Waals surface area contributed by atoms with Crippen LogP contribution >= 0.6 is 11.6 Å². The molecule has 0 spiro atoms. The lowest BCUT2D eigenvalue weighted by Crippen LogP contribution is -2.60. The fourth-order valence-corrected chi connectivity index (χ4v) is 3.76. The number of nitrogens with zero attached hydrogens (tertiary/aromatic N) is 3. The SMILES string of the molecule is CC(=O)N1N=C(C2C(=O)NC(=O)N(c3ccc(Cl)cc3)C2=O)CC1c1ccccc1. The highest BCUT2D eigenvalue weighted by molar-refractivity contribution is 6.35. The molecule has 30 heavy (non-hydrogen) atoms. The molecule has 2 aromatic rings. The normalized spacial score (nSPS) is 21.5. The zero-order valence-corrected chi connectivity index (χ0v) is 16.7. The lowest BCUT2D eigenvalue weighted by Gasteiger charge is -2.30. The van der Waals surface area contributed by atoms with Crippen molar-refractivity contribution in [3.8, 4) is 0 Å². The van der Waals surface area contributed by atoms with E-state index in [0.29, 0.717) is 5.02 Å². The van der Waals surface area contributed by atoms with E-state index in [2.05, 4.69) is 10.4 Å². The summed E-state index contributed by atoms with van der Waals surface area (Å²) in [6.07, 6.45) is 0.204. The molecule has 2 aromatic carbocycles. The zero-order chi connectivity index (χ0) is 21.4. The molecule has 2 unspecified atom stereocenters. The first kappa shape index (κ1) is 19.8. The van der Waals surface area contributed by atoms with E-state index in [4.69, 9.17) is 11.6 Å². The predicted octanol–water partition coefficient (Wildman–Crippen LogP) is 2.89. The first-order valence-electron chi connectivity index (χ1n) is 9.23. The van der Waals surface area contributed by atoms with Gasteiger partial charge in [0.05, 0.1) is 17.4 Å². The van der Waals surface area contributed by atoms with Gasteiger partial charge in [-0.15, -0.1) is 0 Å². The van der Waals surface area contributed by atoms with E-state index in [1.54, 1.807) is 12.1 Å². The average Bonchev–Trinajstić information content (AvgIpc) is 3.15. The Morgan fingerprint density at radius 2 is 1.73 bits per heavy atom. The minimum Gasteiger partial charge on any atom is -0.276 e. The molecule has 2 heterocycles. The van der Waals surface area contributed by atoms with Gasteiger partial charge in [0.15, 0.2) is 5.92 Å². The maximum Gasteiger partial charge on any atom is 0.335 e. The Hall–Kier alpha value is -3.52. The van der Waals surface area contributed by atoms with Crippen molar-refractivity contribution in [2.45, 2.75) is 19.4 Å². The highest BCUT2D eigenvalue weighted by atomic mass is 35.5. The minimum atomic E-state index is -1.31. The molecule has 2 aliphatic heterocycles. The molecule has 1 N–H and O–H groups in total. The van der Waals surface area contributed by atoms with Crippen LogP contribution in [0.15, 0.2) is 59.7 Å². The average molecular weight is 425 g/mol. The third kappa shape index (κ3) is 3.46. The quantitative estimate of drug-likeness (QED) is 0.766. The number of hydrogen-bond donors (Lipinski definition) is 1. The van der Waals surface area contributed by atoms with Crippen LogP contribution in [0.2, 0.25) is 5.02 Å². The van der Waals surface area contributed by atoms with Crippen LogP contribution in [0.3, 0.4) is 0 Å². The molecule has 0 aromatic heterocycles. The standard InChI is InChI=1S/C21H17ClN4O4/c1-12(27)26-17(13-5-3-2-4-6-13)11-16(24-26)18-19(28)23-21(30)25(20(18)29)15-9-7-14(22)8-10-15/h2-10,17-18H,11H2,1H3,(H,23,28,30). The van der Waals surface area contributed by atoms with Crippen molar-refractivity contribution in [3.05, 3.63) is 65.2 Å². The lowest BCUT2D eigenvalue weighted by atomic mass is 9.92. The first-order valence-corrected chi connectivity index (χ1v) is 9.61. The third-order valence-corrected chi connectivity index (χ3v) is 5.27. The van der Waals surface area contributed by atoms with E-state index in [9.17, 15) is 19.2 Å². The van der Waals surface area contributed by atoms with Crippen LogP contribution in [-0.2, 0) is 14.4 Å². The molecule has 2 aliphatic rings. The van der Waals surface area contributed by atoms with E-state index >= 15 is 0 Å². The number of carbonyl (C=O) groups is 4. The Morgan fingerprint density at radius 3 is 2.37 bits per heavy atom. The molecule has 0 saturated carbocycles. The van der Waals surface area contributed by atoms with Gasteiger partial charge in [0.1, 0.15) is 0 Å². The van der Waals surface area contributed by atoms with Crippen molar-refractivity contribution in [2.24, 2.45) is 11.0 Å². The second-order valence-corrected chi connectivity index (χ2v) is 7.40. The Morgan fingerprint density at radius 1 is 1.07 bits per heavy atom. The molecule has 0 bridgehead atoms. The Bertz CT molecular complexity index is 1070. The van der Waals surface area contributed by atoms with Crippen LogP contribution in [0, 0.1) is 5.92 Å². The monoisotopic (exact) mass is 424 g/mol. The van der Waals surface area contributed by atoms with Crippen LogP contribution in [0.1, 0.15) is 24.9 Å². The third-order valence-electron chi connectivity index (χ3n) is 5.02. The van der Waals surface area contributed by atoms with Gasteiger partial charge in [-0.2, -0.15) is 5.10 Å². The Balaban J connectivity index is 1.68. The van der Waals surface area contributed by atoms with Gasteiger partial charge in [0.2, 0.25) is 11.8 Å². The zero-order valence-electron chi connectivity index (χ0n) is 15.9. The van der Waals surface area contributed by atoms with Gasteiger partial charge in [-0.3, -0.25) is 19.7 Å². The number of anilines is 1. The van der Waals surface area contributed by atoms with Crippen LogP contribution in [0.25, 0.3) is 0 Å². The molecule has 8 nitrogen and oxygen atoms in total. The molecule has 2 atom stereocenters. The number of barbiturate groups is 1. The van der Waals surface area contributed by atoms with Gasteiger partial charge in [0.25, 0.3) is 5.91 Å². The number of amides is 5. The van der Waals surface area contributed by atoms with E-state index in [1.165, 1.54) is 24.1 Å². The molecule has 0 aliphatic carbocycles. The number of rotatable bonds is 3.